The molecule has 1 saturated heterocycles. The van der Waals surface area contributed by atoms with Gasteiger partial charge in [-0.25, -0.2) is 8.42 Å². The maximum Gasteiger partial charge on any atom is 0.261 e. The van der Waals surface area contributed by atoms with E-state index in [1.165, 1.54) is 23.1 Å². The second kappa shape index (κ2) is 9.93. The molecule has 0 saturated carbocycles. The number of benzene rings is 2. The summed E-state index contributed by atoms with van der Waals surface area (Å²) in [5, 5.41) is 2.89. The number of sulfonamides is 1. The summed E-state index contributed by atoms with van der Waals surface area (Å²) in [7, 11) is -2.18. The van der Waals surface area contributed by atoms with E-state index in [1.807, 2.05) is 48.8 Å². The zero-order valence-electron chi connectivity index (χ0n) is 23.2. The van der Waals surface area contributed by atoms with Crippen molar-refractivity contribution in [1.29, 1.82) is 0 Å². The van der Waals surface area contributed by atoms with E-state index in [9.17, 15) is 18.0 Å². The fourth-order valence-electron chi connectivity index (χ4n) is 6.25. The van der Waals surface area contributed by atoms with Crippen LogP contribution in [-0.4, -0.2) is 43.5 Å². The van der Waals surface area contributed by atoms with Crippen LogP contribution in [-0.2, 0) is 20.4 Å². The van der Waals surface area contributed by atoms with Crippen molar-refractivity contribution < 1.29 is 22.7 Å². The number of halogens is 2. The largest absolute Gasteiger partial charge is 0.495 e. The summed E-state index contributed by atoms with van der Waals surface area (Å²) >= 11 is 12.9. The van der Waals surface area contributed by atoms with Crippen LogP contribution in [0, 0.1) is 0 Å². The standard InChI is InChI=1S/C30H28Cl2N4O5S/c1-16(2)27-26-19(15-35(27)23-7-5-6-8-25(23)41-3)28(37)36(24-14-18(32)10-12-21(24)34-42(4,39)40)30(26)20-11-9-17(31)13-22(20)33-29(30)38/h5-8,10-17,34H,9H2,1-4H3,(H,33,38)/t17?,30-/m0/s1. The molecule has 2 amide bonds. The number of rotatable bonds is 6. The molecule has 12 heteroatoms. The maximum atomic E-state index is 14.7. The van der Waals surface area contributed by atoms with Crippen LogP contribution in [0.25, 0.3) is 5.69 Å². The molecule has 2 atom stereocenters. The lowest BCUT2D eigenvalue weighted by Gasteiger charge is -2.37. The molecule has 3 heterocycles. The van der Waals surface area contributed by atoms with E-state index in [2.05, 4.69) is 10.0 Å². The van der Waals surface area contributed by atoms with Gasteiger partial charge in [-0.05, 0) is 48.7 Å². The molecule has 0 bridgehead atoms. The van der Waals surface area contributed by atoms with Crippen LogP contribution in [0.3, 0.4) is 0 Å². The van der Waals surface area contributed by atoms with E-state index in [1.54, 1.807) is 19.4 Å². The number of aromatic nitrogens is 1. The van der Waals surface area contributed by atoms with E-state index in [-0.39, 0.29) is 27.7 Å². The van der Waals surface area contributed by atoms with Gasteiger partial charge in [-0.3, -0.25) is 19.2 Å². The number of nitrogens with zero attached hydrogens (tertiary/aromatic N) is 2. The van der Waals surface area contributed by atoms with Gasteiger partial charge in [0.1, 0.15) is 5.75 Å². The van der Waals surface area contributed by atoms with Crippen LogP contribution in [0.15, 0.2) is 72.1 Å². The van der Waals surface area contributed by atoms with Crippen LogP contribution in [0.2, 0.25) is 5.02 Å². The zero-order valence-corrected chi connectivity index (χ0v) is 25.6. The number of methoxy groups -OCH3 is 1. The van der Waals surface area contributed by atoms with Gasteiger partial charge in [0.2, 0.25) is 10.0 Å². The number of ether oxygens (including phenoxy) is 1. The summed E-state index contributed by atoms with van der Waals surface area (Å²) in [5.41, 5.74) is 1.94. The maximum absolute atomic E-state index is 14.7. The molecule has 2 aromatic carbocycles. The number of alkyl halides is 1. The highest BCUT2D eigenvalue weighted by Crippen LogP contribution is 2.57. The van der Waals surface area contributed by atoms with Crippen molar-refractivity contribution in [1.82, 2.24) is 9.88 Å². The third-order valence-electron chi connectivity index (χ3n) is 7.71. The first-order valence-corrected chi connectivity index (χ1v) is 16.0. The van der Waals surface area contributed by atoms with E-state index in [0.29, 0.717) is 40.3 Å². The van der Waals surface area contributed by atoms with Crippen LogP contribution in [0.4, 0.5) is 11.4 Å². The Morgan fingerprint density at radius 2 is 1.88 bits per heavy atom. The summed E-state index contributed by atoms with van der Waals surface area (Å²) in [6.07, 6.45) is 6.82. The lowest BCUT2D eigenvalue weighted by molar-refractivity contribution is -0.122. The molecule has 1 spiro atoms. The quantitative estimate of drug-likeness (QED) is 0.354. The van der Waals surface area contributed by atoms with Crippen molar-refractivity contribution >= 4 is 56.4 Å². The van der Waals surface area contributed by atoms with E-state index >= 15 is 0 Å². The number of carbonyl (C=O) groups excluding carboxylic acids is 2. The first-order chi connectivity index (χ1) is 19.9. The molecule has 1 unspecified atom stereocenters. The molecule has 2 N–H and O–H groups in total. The van der Waals surface area contributed by atoms with Gasteiger partial charge in [-0.2, -0.15) is 0 Å². The van der Waals surface area contributed by atoms with Crippen LogP contribution in [0.1, 0.15) is 47.8 Å². The number of allylic oxidation sites excluding steroid dienone is 2. The van der Waals surface area contributed by atoms with Gasteiger partial charge in [-0.15, -0.1) is 11.6 Å². The Balaban J connectivity index is 1.72. The van der Waals surface area contributed by atoms with E-state index in [0.717, 1.165) is 11.9 Å². The zero-order chi connectivity index (χ0) is 30.1. The highest BCUT2D eigenvalue weighted by atomic mass is 35.5. The topological polar surface area (TPSA) is 110 Å². The van der Waals surface area contributed by atoms with Crippen molar-refractivity contribution in [3.05, 3.63) is 93.9 Å². The summed E-state index contributed by atoms with van der Waals surface area (Å²) in [6, 6.07) is 11.9. The Bertz CT molecular complexity index is 1850. The van der Waals surface area contributed by atoms with Gasteiger partial charge < -0.3 is 14.6 Å². The van der Waals surface area contributed by atoms with Gasteiger partial charge in [-0.1, -0.05) is 43.7 Å². The molecule has 1 aliphatic carbocycles. The lowest BCUT2D eigenvalue weighted by atomic mass is 9.79. The Hall–Kier alpha value is -3.73. The summed E-state index contributed by atoms with van der Waals surface area (Å²) in [6.45, 7) is 3.98. The van der Waals surface area contributed by atoms with E-state index in [4.69, 9.17) is 27.9 Å². The van der Waals surface area contributed by atoms with Crippen LogP contribution in [0.5, 0.6) is 5.75 Å². The van der Waals surface area contributed by atoms with Crippen molar-refractivity contribution in [2.45, 2.75) is 37.1 Å². The summed E-state index contributed by atoms with van der Waals surface area (Å²) in [5.74, 6) is -0.492. The Labute approximate surface area is 253 Å². The number of amides is 2. The second-order valence-electron chi connectivity index (χ2n) is 10.8. The summed E-state index contributed by atoms with van der Waals surface area (Å²) in [4.78, 5) is 30.5. The average molecular weight is 628 g/mol. The average Bonchev–Trinajstić information content (AvgIpc) is 3.53. The number of para-hydroxylation sites is 2. The molecule has 1 fully saturated rings. The number of fused-ring (bicyclic) bond motifs is 4. The minimum absolute atomic E-state index is 0.111. The third kappa shape index (κ3) is 4.15. The molecular formula is C30H28Cl2N4O5S. The summed E-state index contributed by atoms with van der Waals surface area (Å²) < 4.78 is 34.8. The number of nitrogens with one attached hydrogen (secondary N) is 2. The predicted molar refractivity (Wildman–Crippen MR) is 163 cm³/mol. The highest BCUT2D eigenvalue weighted by molar-refractivity contribution is 7.92. The molecule has 2 aliphatic heterocycles. The molecule has 42 heavy (non-hydrogen) atoms. The Morgan fingerprint density at radius 3 is 2.57 bits per heavy atom. The molecule has 3 aromatic rings. The molecule has 0 radical (unpaired) electrons. The van der Waals surface area contributed by atoms with Crippen molar-refractivity contribution in [2.75, 3.05) is 23.0 Å². The van der Waals surface area contributed by atoms with Gasteiger partial charge >= 0.3 is 0 Å². The number of anilines is 2. The van der Waals surface area contributed by atoms with Crippen LogP contribution < -0.4 is 19.7 Å². The SMILES string of the molecule is COc1ccccc1-n1cc2c(c1C(C)C)[C@@]1(C(=O)NC3=CC(Cl)CC=C31)N(c1cc(Cl)ccc1NS(C)(=O)=O)C2=O. The fraction of sp³-hybridized carbons (Fsp3) is 0.267. The number of hydrogen-bond acceptors (Lipinski definition) is 5. The lowest BCUT2D eigenvalue weighted by Crippen LogP contribution is -2.51. The molecular weight excluding hydrogens is 599 g/mol. The molecule has 9 nitrogen and oxygen atoms in total. The van der Waals surface area contributed by atoms with Crippen molar-refractivity contribution in [3.63, 3.8) is 0 Å². The van der Waals surface area contributed by atoms with Gasteiger partial charge in [0.15, 0.2) is 5.54 Å². The monoisotopic (exact) mass is 626 g/mol. The number of carbonyl (C=O) groups is 2. The minimum atomic E-state index is -3.76. The van der Waals surface area contributed by atoms with Crippen molar-refractivity contribution in [2.24, 2.45) is 0 Å². The van der Waals surface area contributed by atoms with Gasteiger partial charge in [0.05, 0.1) is 41.4 Å². The highest BCUT2D eigenvalue weighted by Gasteiger charge is 2.65. The first-order valence-electron chi connectivity index (χ1n) is 13.3. The van der Waals surface area contributed by atoms with Crippen molar-refractivity contribution in [3.8, 4) is 11.4 Å². The van der Waals surface area contributed by atoms with Gasteiger partial charge in [0, 0.05) is 33.7 Å². The van der Waals surface area contributed by atoms with E-state index < -0.39 is 27.4 Å². The Kier molecular flexibility index (Phi) is 6.71. The van der Waals surface area contributed by atoms with Gasteiger partial charge in [0.25, 0.3) is 11.8 Å². The molecule has 3 aliphatic rings. The number of hydrogen-bond donors (Lipinski definition) is 2. The third-order valence-corrected chi connectivity index (χ3v) is 8.84. The Morgan fingerprint density at radius 1 is 1.14 bits per heavy atom. The normalized spacial score (nSPS) is 21.3. The van der Waals surface area contributed by atoms with Crippen LogP contribution >= 0.6 is 23.2 Å². The fourth-order valence-corrected chi connectivity index (χ4v) is 7.20. The predicted octanol–water partition coefficient (Wildman–Crippen LogP) is 5.44. The molecule has 6 rings (SSSR count). The minimum Gasteiger partial charge on any atom is -0.495 e. The second-order valence-corrected chi connectivity index (χ2v) is 13.5. The smallest absolute Gasteiger partial charge is 0.261 e. The molecule has 1 aromatic heterocycles. The first kappa shape index (κ1) is 28.4. The molecule has 218 valence electrons.